The highest BCUT2D eigenvalue weighted by Crippen LogP contribution is 2.25. The van der Waals surface area contributed by atoms with Crippen LogP contribution in [0.4, 0.5) is 0 Å². The van der Waals surface area contributed by atoms with Crippen LogP contribution in [0.2, 0.25) is 0 Å². The molecule has 0 N–H and O–H groups in total. The Balaban J connectivity index is 1.40. The summed E-state index contributed by atoms with van der Waals surface area (Å²) in [5, 5.41) is 0. The predicted octanol–water partition coefficient (Wildman–Crippen LogP) is 4.11. The summed E-state index contributed by atoms with van der Waals surface area (Å²) >= 11 is 0. The minimum Gasteiger partial charge on any atom is -0.491 e. The van der Waals surface area contributed by atoms with Gasteiger partial charge in [0, 0.05) is 0 Å². The van der Waals surface area contributed by atoms with Crippen LogP contribution in [0.5, 0.6) is 11.5 Å². The molecule has 2 fully saturated rings. The largest absolute Gasteiger partial charge is 0.491 e. The first-order valence-electron chi connectivity index (χ1n) is 9.05. The van der Waals surface area contributed by atoms with Crippen LogP contribution in [0.3, 0.4) is 0 Å². The smallest absolute Gasteiger partial charge is 0.119 e. The molecule has 0 amide bonds. The predicted molar refractivity (Wildman–Crippen MR) is 102 cm³/mol. The van der Waals surface area contributed by atoms with Gasteiger partial charge in [-0.1, -0.05) is 24.3 Å². The third kappa shape index (κ3) is 4.65. The first kappa shape index (κ1) is 17.1. The topological polar surface area (TPSA) is 43.5 Å². The normalized spacial score (nSPS) is 21.4. The van der Waals surface area contributed by atoms with Gasteiger partial charge < -0.3 is 18.9 Å². The Hall–Kier alpha value is -2.30. The maximum atomic E-state index is 5.74. The number of ether oxygens (including phenoxy) is 4. The van der Waals surface area contributed by atoms with Crippen molar-refractivity contribution >= 4 is 11.6 Å². The highest BCUT2D eigenvalue weighted by molar-refractivity contribution is 5.81. The summed E-state index contributed by atoms with van der Waals surface area (Å²) in [4.78, 5) is 0. The first-order valence-corrected chi connectivity index (χ1v) is 9.05. The number of allylic oxidation sites excluding steroid dienone is 1. The van der Waals surface area contributed by atoms with Gasteiger partial charge in [-0.15, -0.1) is 0 Å². The van der Waals surface area contributed by atoms with Crippen molar-refractivity contribution in [1.82, 2.24) is 0 Å². The van der Waals surface area contributed by atoms with Crippen molar-refractivity contribution < 1.29 is 18.9 Å². The van der Waals surface area contributed by atoms with Crippen LogP contribution in [-0.4, -0.2) is 38.6 Å². The monoisotopic (exact) mass is 352 g/mol. The number of hydrogen-bond donors (Lipinski definition) is 0. The van der Waals surface area contributed by atoms with Crippen LogP contribution in [0.25, 0.3) is 11.6 Å². The second-order valence-electron chi connectivity index (χ2n) is 6.90. The lowest BCUT2D eigenvalue weighted by Gasteiger charge is -2.09. The Morgan fingerprint density at radius 3 is 2.12 bits per heavy atom. The quantitative estimate of drug-likeness (QED) is 0.530. The Bertz CT molecular complexity index is 786. The van der Waals surface area contributed by atoms with Gasteiger partial charge >= 0.3 is 0 Å². The minimum absolute atomic E-state index is 0.279. The van der Waals surface area contributed by atoms with Gasteiger partial charge in [0.05, 0.1) is 13.2 Å². The Labute approximate surface area is 154 Å². The van der Waals surface area contributed by atoms with Crippen LogP contribution >= 0.6 is 0 Å². The van der Waals surface area contributed by atoms with E-state index in [1.54, 1.807) is 0 Å². The van der Waals surface area contributed by atoms with Crippen LogP contribution in [0, 0.1) is 6.92 Å². The number of rotatable bonds is 8. The number of hydrogen-bond acceptors (Lipinski definition) is 4. The van der Waals surface area contributed by atoms with Crippen molar-refractivity contribution in [2.24, 2.45) is 0 Å². The fraction of sp³-hybridized carbons (Fsp3) is 0.364. The van der Waals surface area contributed by atoms with Crippen LogP contribution in [-0.2, 0) is 9.47 Å². The van der Waals surface area contributed by atoms with Crippen LogP contribution < -0.4 is 9.47 Å². The average Bonchev–Trinajstić information content (AvgIpc) is 3.55. The van der Waals surface area contributed by atoms with Crippen molar-refractivity contribution in [3.63, 3.8) is 0 Å². The summed E-state index contributed by atoms with van der Waals surface area (Å²) in [6.45, 7) is 7.14. The summed E-state index contributed by atoms with van der Waals surface area (Å²) in [5.41, 5.74) is 4.79. The van der Waals surface area contributed by atoms with E-state index in [4.69, 9.17) is 18.9 Å². The maximum absolute atomic E-state index is 5.74. The molecule has 2 aliphatic rings. The molecule has 0 spiro atoms. The lowest BCUT2D eigenvalue weighted by Crippen LogP contribution is -2.04. The molecule has 2 aromatic carbocycles. The molecule has 0 saturated carbocycles. The molecule has 0 aromatic heterocycles. The molecule has 0 aliphatic carbocycles. The van der Waals surface area contributed by atoms with Crippen molar-refractivity contribution in [2.75, 3.05) is 26.4 Å². The molecule has 2 aromatic rings. The summed E-state index contributed by atoms with van der Waals surface area (Å²) in [7, 11) is 0. The van der Waals surface area contributed by atoms with E-state index in [1.807, 2.05) is 18.2 Å². The van der Waals surface area contributed by atoms with Gasteiger partial charge in [0.2, 0.25) is 0 Å². The van der Waals surface area contributed by atoms with Gasteiger partial charge in [-0.05, 0) is 60.4 Å². The fourth-order valence-corrected chi connectivity index (χ4v) is 2.74. The van der Waals surface area contributed by atoms with Crippen molar-refractivity contribution in [2.45, 2.75) is 26.1 Å². The van der Waals surface area contributed by atoms with E-state index in [-0.39, 0.29) is 12.2 Å². The van der Waals surface area contributed by atoms with Gasteiger partial charge in [0.25, 0.3) is 0 Å². The highest BCUT2D eigenvalue weighted by atomic mass is 16.6. The van der Waals surface area contributed by atoms with Crippen molar-refractivity contribution in [3.05, 3.63) is 59.2 Å². The van der Waals surface area contributed by atoms with Gasteiger partial charge in [-0.25, -0.2) is 0 Å². The molecule has 2 atom stereocenters. The zero-order valence-corrected chi connectivity index (χ0v) is 15.2. The maximum Gasteiger partial charge on any atom is 0.119 e. The molecule has 4 nitrogen and oxygen atoms in total. The van der Waals surface area contributed by atoms with E-state index in [0.717, 1.165) is 24.7 Å². The Morgan fingerprint density at radius 2 is 1.54 bits per heavy atom. The molecular formula is C22H24O4. The van der Waals surface area contributed by atoms with E-state index in [1.165, 1.54) is 22.3 Å². The number of benzene rings is 2. The van der Waals surface area contributed by atoms with E-state index < -0.39 is 0 Å². The molecule has 2 aliphatic heterocycles. The SMILES string of the molecule is C/C(=C\c1ccc(OC[C@H]2CO2)cc1C)c1ccc(OC[C@H]2CO2)cc1. The molecule has 2 heterocycles. The molecule has 2 saturated heterocycles. The van der Waals surface area contributed by atoms with Crippen molar-refractivity contribution in [3.8, 4) is 11.5 Å². The Kier molecular flexibility index (Phi) is 4.96. The van der Waals surface area contributed by atoms with E-state index in [0.29, 0.717) is 13.2 Å². The van der Waals surface area contributed by atoms with Crippen LogP contribution in [0.15, 0.2) is 42.5 Å². The first-order chi connectivity index (χ1) is 12.7. The summed E-state index contributed by atoms with van der Waals surface area (Å²) in [6, 6.07) is 14.4. The second-order valence-corrected chi connectivity index (χ2v) is 6.90. The summed E-state index contributed by atoms with van der Waals surface area (Å²) < 4.78 is 21.8. The van der Waals surface area contributed by atoms with Gasteiger partial charge in [-0.3, -0.25) is 0 Å². The average molecular weight is 352 g/mol. The van der Waals surface area contributed by atoms with E-state index >= 15 is 0 Å². The molecular weight excluding hydrogens is 328 g/mol. The van der Waals surface area contributed by atoms with Crippen molar-refractivity contribution in [1.29, 1.82) is 0 Å². The van der Waals surface area contributed by atoms with Crippen LogP contribution in [0.1, 0.15) is 23.6 Å². The zero-order valence-electron chi connectivity index (χ0n) is 15.2. The molecule has 4 heteroatoms. The molecule has 136 valence electrons. The molecule has 26 heavy (non-hydrogen) atoms. The lowest BCUT2D eigenvalue weighted by molar-refractivity contribution is 0.263. The van der Waals surface area contributed by atoms with Gasteiger partial charge in [0.15, 0.2) is 0 Å². The second kappa shape index (κ2) is 7.52. The summed E-state index contributed by atoms with van der Waals surface area (Å²) in [5.74, 6) is 1.78. The van der Waals surface area contributed by atoms with E-state index in [2.05, 4.69) is 44.2 Å². The highest BCUT2D eigenvalue weighted by Gasteiger charge is 2.23. The lowest BCUT2D eigenvalue weighted by atomic mass is 10.0. The van der Waals surface area contributed by atoms with Gasteiger partial charge in [0.1, 0.15) is 36.9 Å². The van der Waals surface area contributed by atoms with E-state index in [9.17, 15) is 0 Å². The third-order valence-electron chi connectivity index (χ3n) is 4.60. The minimum atomic E-state index is 0.279. The van der Waals surface area contributed by atoms with Gasteiger partial charge in [-0.2, -0.15) is 0 Å². The fourth-order valence-electron chi connectivity index (χ4n) is 2.74. The number of epoxide rings is 2. The summed E-state index contributed by atoms with van der Waals surface area (Å²) in [6.07, 6.45) is 2.76. The molecule has 0 unspecified atom stereocenters. The standard InChI is InChI=1S/C22H24O4/c1-15(17-3-6-19(7-4-17)23-11-21-13-25-21)9-18-5-8-20(10-16(18)2)24-12-22-14-26-22/h3-10,21-22H,11-14H2,1-2H3/b15-9+/t21-,22-/m0/s1. The number of aryl methyl sites for hydroxylation is 1. The molecule has 4 rings (SSSR count). The molecule has 0 radical (unpaired) electrons. The Morgan fingerprint density at radius 1 is 0.962 bits per heavy atom. The third-order valence-corrected chi connectivity index (χ3v) is 4.60. The molecule has 0 bridgehead atoms. The zero-order chi connectivity index (χ0) is 17.9.